The van der Waals surface area contributed by atoms with E-state index in [9.17, 15) is 18.0 Å². The van der Waals surface area contributed by atoms with Crippen LogP contribution in [0, 0.1) is 5.92 Å². The smallest absolute Gasteiger partial charge is 0.243 e. The van der Waals surface area contributed by atoms with Gasteiger partial charge in [-0.25, -0.2) is 8.42 Å². The zero-order valence-electron chi connectivity index (χ0n) is 19.9. The van der Waals surface area contributed by atoms with Crippen LogP contribution >= 0.6 is 0 Å². The number of anilines is 3. The monoisotopic (exact) mass is 496 g/mol. The van der Waals surface area contributed by atoms with Crippen LogP contribution in [0.2, 0.25) is 0 Å². The van der Waals surface area contributed by atoms with E-state index in [0.717, 1.165) is 43.7 Å². The molecule has 3 aliphatic rings. The predicted molar refractivity (Wildman–Crippen MR) is 136 cm³/mol. The Morgan fingerprint density at radius 2 is 1.40 bits per heavy atom. The highest BCUT2D eigenvalue weighted by atomic mass is 32.2. The number of benzene rings is 2. The number of hydrogen-bond donors (Lipinski definition) is 1. The zero-order valence-corrected chi connectivity index (χ0v) is 20.7. The van der Waals surface area contributed by atoms with E-state index in [-0.39, 0.29) is 23.1 Å². The molecule has 5 rings (SSSR count). The minimum absolute atomic E-state index is 0.0676. The third-order valence-electron chi connectivity index (χ3n) is 7.20. The molecule has 3 saturated heterocycles. The van der Waals surface area contributed by atoms with Gasteiger partial charge in [0, 0.05) is 56.2 Å². The number of rotatable bonds is 6. The number of amides is 2. The lowest BCUT2D eigenvalue weighted by atomic mass is 10.1. The van der Waals surface area contributed by atoms with E-state index in [4.69, 9.17) is 0 Å². The van der Waals surface area contributed by atoms with Crippen molar-refractivity contribution >= 4 is 38.9 Å². The second-order valence-corrected chi connectivity index (χ2v) is 11.5. The van der Waals surface area contributed by atoms with Gasteiger partial charge in [-0.1, -0.05) is 6.42 Å². The molecule has 1 N–H and O–H groups in total. The molecular weight excluding hydrogens is 464 g/mol. The summed E-state index contributed by atoms with van der Waals surface area (Å²) in [6.45, 7) is 3.56. The molecule has 1 unspecified atom stereocenters. The van der Waals surface area contributed by atoms with E-state index >= 15 is 0 Å². The van der Waals surface area contributed by atoms with Gasteiger partial charge in [-0.2, -0.15) is 4.31 Å². The fraction of sp³-hybridized carbons (Fsp3) is 0.462. The normalized spacial score (nSPS) is 21.5. The lowest BCUT2D eigenvalue weighted by Crippen LogP contribution is -2.35. The molecule has 8 nitrogen and oxygen atoms in total. The van der Waals surface area contributed by atoms with E-state index in [1.165, 1.54) is 29.3 Å². The highest BCUT2D eigenvalue weighted by Crippen LogP contribution is 2.29. The van der Waals surface area contributed by atoms with Crippen LogP contribution in [0.4, 0.5) is 17.1 Å². The van der Waals surface area contributed by atoms with Crippen molar-refractivity contribution in [1.29, 1.82) is 0 Å². The number of piperidine rings is 1. The Bertz CT molecular complexity index is 1170. The fourth-order valence-corrected chi connectivity index (χ4v) is 6.68. The Kier molecular flexibility index (Phi) is 6.80. The highest BCUT2D eigenvalue weighted by molar-refractivity contribution is 7.89. The molecule has 9 heteroatoms. The fourth-order valence-electron chi connectivity index (χ4n) is 5.16. The minimum atomic E-state index is -3.51. The zero-order chi connectivity index (χ0) is 24.4. The quantitative estimate of drug-likeness (QED) is 0.662. The third kappa shape index (κ3) is 5.06. The van der Waals surface area contributed by atoms with Gasteiger partial charge >= 0.3 is 0 Å². The van der Waals surface area contributed by atoms with E-state index in [1.807, 2.05) is 24.3 Å². The third-order valence-corrected chi connectivity index (χ3v) is 9.12. The van der Waals surface area contributed by atoms with Crippen molar-refractivity contribution in [2.45, 2.75) is 43.4 Å². The second-order valence-electron chi connectivity index (χ2n) is 9.59. The molecule has 3 aliphatic heterocycles. The van der Waals surface area contributed by atoms with E-state index in [0.29, 0.717) is 25.3 Å². The van der Waals surface area contributed by atoms with E-state index in [1.54, 1.807) is 17.0 Å². The average molecular weight is 497 g/mol. The molecule has 2 aromatic rings. The van der Waals surface area contributed by atoms with Gasteiger partial charge in [0.05, 0.1) is 10.8 Å². The summed E-state index contributed by atoms with van der Waals surface area (Å²) in [6, 6.07) is 14.3. The molecular formula is C26H32N4O4S. The Morgan fingerprint density at radius 3 is 2.06 bits per heavy atom. The molecule has 0 radical (unpaired) electrons. The summed E-state index contributed by atoms with van der Waals surface area (Å²) in [7, 11) is -3.51. The summed E-state index contributed by atoms with van der Waals surface area (Å²) < 4.78 is 27.2. The van der Waals surface area contributed by atoms with E-state index < -0.39 is 15.9 Å². The minimum Gasteiger partial charge on any atom is -0.372 e. The van der Waals surface area contributed by atoms with Crippen molar-refractivity contribution in [3.05, 3.63) is 48.5 Å². The highest BCUT2D eigenvalue weighted by Gasteiger charge is 2.35. The molecule has 0 bridgehead atoms. The van der Waals surface area contributed by atoms with Crippen LogP contribution in [-0.2, 0) is 19.6 Å². The van der Waals surface area contributed by atoms with Gasteiger partial charge in [0.15, 0.2) is 0 Å². The first kappa shape index (κ1) is 23.8. The largest absolute Gasteiger partial charge is 0.372 e. The summed E-state index contributed by atoms with van der Waals surface area (Å²) in [5, 5.41) is 2.85. The van der Waals surface area contributed by atoms with Gasteiger partial charge in [-0.05, 0) is 74.2 Å². The van der Waals surface area contributed by atoms with Gasteiger partial charge in [0.25, 0.3) is 0 Å². The molecule has 0 aromatic heterocycles. The van der Waals surface area contributed by atoms with Gasteiger partial charge in [-0.15, -0.1) is 0 Å². The Hall–Kier alpha value is -2.91. The SMILES string of the molecule is O=C(Nc1ccc(S(=O)(=O)N2CCCCC2)cc1)C1CC(=O)N(c2ccc(N3CCCC3)cc2)C1. The number of sulfonamides is 1. The molecule has 3 heterocycles. The standard InChI is InChI=1S/C26H32N4O4S/c31-25-18-20(19-30(25)23-10-8-22(9-11-23)28-14-4-5-15-28)26(32)27-21-6-12-24(13-7-21)35(33,34)29-16-2-1-3-17-29/h6-13,20H,1-5,14-19H2,(H,27,32). The van der Waals surface area contributed by atoms with Crippen LogP contribution in [-0.4, -0.2) is 57.3 Å². The topological polar surface area (TPSA) is 90.0 Å². The maximum atomic E-state index is 12.9. The summed E-state index contributed by atoms with van der Waals surface area (Å²) >= 11 is 0. The van der Waals surface area contributed by atoms with Crippen LogP contribution in [0.3, 0.4) is 0 Å². The van der Waals surface area contributed by atoms with Crippen LogP contribution in [0.5, 0.6) is 0 Å². The average Bonchev–Trinajstić information content (AvgIpc) is 3.55. The molecule has 2 amide bonds. The molecule has 1 atom stereocenters. The number of nitrogens with zero attached hydrogens (tertiary/aromatic N) is 3. The maximum Gasteiger partial charge on any atom is 0.243 e. The Labute approximate surface area is 206 Å². The van der Waals surface area contributed by atoms with Crippen LogP contribution in [0.15, 0.2) is 53.4 Å². The summed E-state index contributed by atoms with van der Waals surface area (Å²) in [6.07, 6.45) is 5.39. The summed E-state index contributed by atoms with van der Waals surface area (Å²) in [5.41, 5.74) is 2.49. The maximum absolute atomic E-state index is 12.9. The molecule has 0 spiro atoms. The van der Waals surface area contributed by atoms with Gasteiger partial charge in [-0.3, -0.25) is 9.59 Å². The Balaban J connectivity index is 1.20. The van der Waals surface area contributed by atoms with Crippen molar-refractivity contribution in [3.63, 3.8) is 0 Å². The molecule has 35 heavy (non-hydrogen) atoms. The molecule has 3 fully saturated rings. The van der Waals surface area contributed by atoms with Gasteiger partial charge in [0.2, 0.25) is 21.8 Å². The molecule has 0 saturated carbocycles. The molecule has 186 valence electrons. The number of nitrogens with one attached hydrogen (secondary N) is 1. The Morgan fingerprint density at radius 1 is 0.800 bits per heavy atom. The van der Waals surface area contributed by atoms with Crippen LogP contribution in [0.1, 0.15) is 38.5 Å². The van der Waals surface area contributed by atoms with Crippen molar-refractivity contribution in [1.82, 2.24) is 4.31 Å². The van der Waals surface area contributed by atoms with Crippen molar-refractivity contribution in [2.75, 3.05) is 47.8 Å². The number of hydrogen-bond acceptors (Lipinski definition) is 5. The van der Waals surface area contributed by atoms with Crippen LogP contribution < -0.4 is 15.1 Å². The summed E-state index contributed by atoms with van der Waals surface area (Å²) in [4.78, 5) is 29.8. The molecule has 2 aromatic carbocycles. The first-order chi connectivity index (χ1) is 16.9. The summed E-state index contributed by atoms with van der Waals surface area (Å²) in [5.74, 6) is -0.763. The van der Waals surface area contributed by atoms with Crippen molar-refractivity contribution in [2.24, 2.45) is 5.92 Å². The van der Waals surface area contributed by atoms with E-state index in [2.05, 4.69) is 10.2 Å². The first-order valence-corrected chi connectivity index (χ1v) is 13.9. The first-order valence-electron chi connectivity index (χ1n) is 12.5. The van der Waals surface area contributed by atoms with Crippen molar-refractivity contribution < 1.29 is 18.0 Å². The van der Waals surface area contributed by atoms with Gasteiger partial charge < -0.3 is 15.1 Å². The lowest BCUT2D eigenvalue weighted by molar-refractivity contribution is -0.122. The second kappa shape index (κ2) is 9.99. The number of carbonyl (C=O) groups is 2. The molecule has 0 aliphatic carbocycles. The predicted octanol–water partition coefficient (Wildman–Crippen LogP) is 3.45. The lowest BCUT2D eigenvalue weighted by Gasteiger charge is -2.25. The van der Waals surface area contributed by atoms with Crippen molar-refractivity contribution in [3.8, 4) is 0 Å². The number of carbonyl (C=O) groups excluding carboxylic acids is 2. The van der Waals surface area contributed by atoms with Gasteiger partial charge in [0.1, 0.15) is 0 Å². The van der Waals surface area contributed by atoms with Crippen LogP contribution in [0.25, 0.3) is 0 Å².